The molecule has 5 nitrogen and oxygen atoms in total. The van der Waals surface area contributed by atoms with Crippen LogP contribution in [0.15, 0.2) is 24.3 Å². The van der Waals surface area contributed by atoms with E-state index in [4.69, 9.17) is 4.74 Å². The third-order valence-corrected chi connectivity index (χ3v) is 2.77. The lowest BCUT2D eigenvalue weighted by Crippen LogP contribution is -2.16. The van der Waals surface area contributed by atoms with Crippen LogP contribution in [-0.4, -0.2) is 38.2 Å². The smallest absolute Gasteiger partial charge is 0.337 e. The predicted octanol–water partition coefficient (Wildman–Crippen LogP) is 1.22. The van der Waals surface area contributed by atoms with Gasteiger partial charge in [-0.05, 0) is 25.1 Å². The Morgan fingerprint density at radius 2 is 2.22 bits per heavy atom. The third kappa shape index (κ3) is 2.45. The number of methoxy groups -OCH3 is 1. The first-order valence-corrected chi connectivity index (χ1v) is 5.79. The van der Waals surface area contributed by atoms with E-state index in [1.165, 1.54) is 7.11 Å². The topological polar surface area (TPSA) is 55.6 Å². The highest BCUT2D eigenvalue weighted by atomic mass is 16.5. The molecule has 0 aliphatic carbocycles. The molecule has 1 heterocycles. The van der Waals surface area contributed by atoms with Crippen molar-refractivity contribution in [1.29, 1.82) is 0 Å². The second kappa shape index (κ2) is 5.08. The lowest BCUT2D eigenvalue weighted by molar-refractivity contribution is -0.142. The Morgan fingerprint density at radius 1 is 1.44 bits per heavy atom. The fraction of sp³-hybridized carbons (Fsp3) is 0.385. The van der Waals surface area contributed by atoms with Gasteiger partial charge in [-0.1, -0.05) is 6.07 Å². The molecule has 1 atom stereocenters. The van der Waals surface area contributed by atoms with Crippen molar-refractivity contribution in [2.45, 2.75) is 13.0 Å². The minimum Gasteiger partial charge on any atom is -0.465 e. The Morgan fingerprint density at radius 3 is 2.89 bits per heavy atom. The van der Waals surface area contributed by atoms with Crippen LogP contribution in [-0.2, 0) is 14.3 Å². The molecule has 0 spiro atoms. The minimum atomic E-state index is -0.383. The second-order valence-corrected chi connectivity index (χ2v) is 3.96. The van der Waals surface area contributed by atoms with Crippen molar-refractivity contribution in [2.24, 2.45) is 0 Å². The van der Waals surface area contributed by atoms with Gasteiger partial charge in [-0.15, -0.1) is 0 Å². The highest BCUT2D eigenvalue weighted by molar-refractivity contribution is 5.92. The van der Waals surface area contributed by atoms with Crippen molar-refractivity contribution in [1.82, 2.24) is 0 Å². The average molecular weight is 249 g/mol. The van der Waals surface area contributed by atoms with Gasteiger partial charge in [-0.3, -0.25) is 0 Å². The van der Waals surface area contributed by atoms with Gasteiger partial charge < -0.3 is 14.4 Å². The van der Waals surface area contributed by atoms with Crippen LogP contribution in [0.25, 0.3) is 0 Å². The largest absolute Gasteiger partial charge is 0.465 e. The molecule has 0 bridgehead atoms. The number of rotatable bonds is 4. The van der Waals surface area contributed by atoms with Crippen LogP contribution in [0.3, 0.4) is 0 Å². The molecule has 0 aromatic heterocycles. The summed E-state index contributed by atoms with van der Waals surface area (Å²) < 4.78 is 9.60. The van der Waals surface area contributed by atoms with Crippen molar-refractivity contribution >= 4 is 17.6 Å². The van der Waals surface area contributed by atoms with E-state index in [-0.39, 0.29) is 18.0 Å². The Kier molecular flexibility index (Phi) is 3.50. The van der Waals surface area contributed by atoms with E-state index in [9.17, 15) is 9.59 Å². The number of hydrogen-bond acceptors (Lipinski definition) is 5. The first kappa shape index (κ1) is 12.4. The van der Waals surface area contributed by atoms with Crippen molar-refractivity contribution in [3.05, 3.63) is 29.8 Å². The van der Waals surface area contributed by atoms with Crippen LogP contribution in [0.4, 0.5) is 5.69 Å². The summed E-state index contributed by atoms with van der Waals surface area (Å²) in [6, 6.07) is 6.79. The number of nitrogens with zero attached hydrogens (tertiary/aromatic N) is 1. The van der Waals surface area contributed by atoms with Crippen LogP contribution in [0.2, 0.25) is 0 Å². The Balaban J connectivity index is 2.07. The average Bonchev–Trinajstić information content (AvgIpc) is 3.18. The van der Waals surface area contributed by atoms with Gasteiger partial charge >= 0.3 is 11.9 Å². The maximum absolute atomic E-state index is 11.5. The van der Waals surface area contributed by atoms with E-state index in [1.807, 2.05) is 11.0 Å². The lowest BCUT2D eigenvalue weighted by Gasteiger charge is -2.07. The fourth-order valence-corrected chi connectivity index (χ4v) is 1.79. The first-order valence-electron chi connectivity index (χ1n) is 5.79. The molecule has 5 heteroatoms. The van der Waals surface area contributed by atoms with Gasteiger partial charge in [0.2, 0.25) is 0 Å². The quantitative estimate of drug-likeness (QED) is 0.593. The van der Waals surface area contributed by atoms with Crippen LogP contribution in [0.5, 0.6) is 0 Å². The number of hydrogen-bond donors (Lipinski definition) is 0. The number of esters is 2. The zero-order valence-electron chi connectivity index (χ0n) is 10.4. The van der Waals surface area contributed by atoms with E-state index in [0.29, 0.717) is 18.7 Å². The predicted molar refractivity (Wildman–Crippen MR) is 65.5 cm³/mol. The molecule has 18 heavy (non-hydrogen) atoms. The van der Waals surface area contributed by atoms with Crippen LogP contribution < -0.4 is 4.90 Å². The van der Waals surface area contributed by atoms with Crippen molar-refractivity contribution in [3.63, 3.8) is 0 Å². The van der Waals surface area contributed by atoms with Gasteiger partial charge in [0, 0.05) is 5.69 Å². The lowest BCUT2D eigenvalue weighted by atomic mass is 10.2. The summed E-state index contributed by atoms with van der Waals surface area (Å²) in [7, 11) is 1.34. The number of carbonyl (C=O) groups excluding carboxylic acids is 2. The Hall–Kier alpha value is -2.04. The van der Waals surface area contributed by atoms with E-state index in [0.717, 1.165) is 5.69 Å². The highest BCUT2D eigenvalue weighted by Crippen LogP contribution is 2.29. The van der Waals surface area contributed by atoms with Crippen LogP contribution in [0.1, 0.15) is 17.3 Å². The summed E-state index contributed by atoms with van der Waals surface area (Å²) in [5.74, 6) is -0.604. The van der Waals surface area contributed by atoms with Gasteiger partial charge in [0.15, 0.2) is 0 Å². The Bertz CT molecular complexity index is 472. The van der Waals surface area contributed by atoms with Gasteiger partial charge in [-0.25, -0.2) is 9.59 Å². The summed E-state index contributed by atoms with van der Waals surface area (Å²) >= 11 is 0. The molecule has 1 aromatic carbocycles. The van der Waals surface area contributed by atoms with Gasteiger partial charge in [-0.2, -0.15) is 0 Å². The molecule has 1 saturated heterocycles. The monoisotopic (exact) mass is 249 g/mol. The molecular formula is C13H15NO4. The van der Waals surface area contributed by atoms with E-state index in [2.05, 4.69) is 4.74 Å². The number of ether oxygens (including phenoxy) is 2. The van der Waals surface area contributed by atoms with E-state index < -0.39 is 0 Å². The Labute approximate surface area is 105 Å². The normalized spacial score (nSPS) is 17.2. The van der Waals surface area contributed by atoms with Crippen molar-refractivity contribution in [3.8, 4) is 0 Å². The molecule has 1 aliphatic heterocycles. The SMILES string of the molecule is CCOC(=O)C1CN1c1cccc(C(=O)OC)c1. The molecule has 1 aliphatic rings. The molecule has 1 aromatic rings. The summed E-state index contributed by atoms with van der Waals surface area (Å²) in [6.45, 7) is 2.79. The van der Waals surface area contributed by atoms with Gasteiger partial charge in [0.05, 0.1) is 25.8 Å². The summed E-state index contributed by atoms with van der Waals surface area (Å²) in [6.07, 6.45) is 0. The summed E-state index contributed by atoms with van der Waals surface area (Å²) in [5.41, 5.74) is 1.31. The standard InChI is InChI=1S/C13H15NO4/c1-3-18-13(16)11-8-14(11)10-6-4-5-9(7-10)12(15)17-2/h4-7,11H,3,8H2,1-2H3. The molecule has 1 unspecified atom stereocenters. The molecule has 0 saturated carbocycles. The van der Waals surface area contributed by atoms with Crippen molar-refractivity contribution < 1.29 is 19.1 Å². The molecule has 96 valence electrons. The van der Waals surface area contributed by atoms with Gasteiger partial charge in [0.1, 0.15) is 6.04 Å². The van der Waals surface area contributed by atoms with E-state index >= 15 is 0 Å². The molecule has 0 radical (unpaired) electrons. The first-order chi connectivity index (χ1) is 8.67. The molecule has 2 rings (SSSR count). The zero-order chi connectivity index (χ0) is 13.1. The highest BCUT2D eigenvalue weighted by Gasteiger charge is 2.41. The maximum atomic E-state index is 11.5. The van der Waals surface area contributed by atoms with Crippen LogP contribution >= 0.6 is 0 Å². The number of anilines is 1. The third-order valence-electron chi connectivity index (χ3n) is 2.77. The summed E-state index contributed by atoms with van der Waals surface area (Å²) in [5, 5.41) is 0. The molecule has 1 fully saturated rings. The zero-order valence-corrected chi connectivity index (χ0v) is 10.4. The minimum absolute atomic E-state index is 0.221. The number of benzene rings is 1. The second-order valence-electron chi connectivity index (χ2n) is 3.96. The maximum Gasteiger partial charge on any atom is 0.337 e. The van der Waals surface area contributed by atoms with Crippen molar-refractivity contribution in [2.75, 3.05) is 25.2 Å². The van der Waals surface area contributed by atoms with E-state index in [1.54, 1.807) is 25.1 Å². The fourth-order valence-electron chi connectivity index (χ4n) is 1.79. The summed E-state index contributed by atoms with van der Waals surface area (Å²) in [4.78, 5) is 24.8. The van der Waals surface area contributed by atoms with Crippen LogP contribution in [0, 0.1) is 0 Å². The number of carbonyl (C=O) groups is 2. The van der Waals surface area contributed by atoms with Gasteiger partial charge in [0.25, 0.3) is 0 Å². The molecular weight excluding hydrogens is 234 g/mol. The molecule has 0 N–H and O–H groups in total. The molecule has 0 amide bonds.